The third kappa shape index (κ3) is 2.97. The Labute approximate surface area is 148 Å². The topological polar surface area (TPSA) is 67.0 Å². The molecule has 1 aliphatic carbocycles. The van der Waals surface area contributed by atoms with Crippen LogP contribution in [0.15, 0.2) is 12.1 Å². The van der Waals surface area contributed by atoms with Crippen LogP contribution in [0.3, 0.4) is 0 Å². The summed E-state index contributed by atoms with van der Waals surface area (Å²) in [5.74, 6) is 1.20. The van der Waals surface area contributed by atoms with Gasteiger partial charge in [0.1, 0.15) is 5.82 Å². The molecule has 25 heavy (non-hydrogen) atoms. The maximum Gasteiger partial charge on any atom is 0.338 e. The lowest BCUT2D eigenvalue weighted by molar-refractivity contribution is 0.0600. The molecule has 0 atom stereocenters. The number of hydrogen-bond acceptors (Lipinski definition) is 4. The molecule has 132 valence electrons. The summed E-state index contributed by atoms with van der Waals surface area (Å²) in [4.78, 5) is 20.6. The van der Waals surface area contributed by atoms with Crippen molar-refractivity contribution >= 4 is 5.97 Å². The van der Waals surface area contributed by atoms with Crippen LogP contribution in [0.2, 0.25) is 0 Å². The van der Waals surface area contributed by atoms with Gasteiger partial charge in [0.2, 0.25) is 0 Å². The molecule has 2 heterocycles. The van der Waals surface area contributed by atoms with E-state index >= 15 is 0 Å². The molecule has 1 saturated carbocycles. The highest BCUT2D eigenvalue weighted by Crippen LogP contribution is 2.42. The molecule has 1 fully saturated rings. The van der Waals surface area contributed by atoms with Crippen LogP contribution < -0.4 is 5.32 Å². The lowest BCUT2D eigenvalue weighted by Crippen LogP contribution is -2.16. The third-order valence-electron chi connectivity index (χ3n) is 5.56. The number of methoxy groups -OCH3 is 1. The average Bonchev–Trinajstić information content (AvgIpc) is 2.83. The van der Waals surface area contributed by atoms with Crippen LogP contribution in [-0.4, -0.2) is 36.1 Å². The number of aromatic nitrogens is 2. The fraction of sp³-hybridized carbons (Fsp3) is 0.500. The van der Waals surface area contributed by atoms with Crippen molar-refractivity contribution in [2.45, 2.75) is 44.9 Å². The van der Waals surface area contributed by atoms with E-state index in [1.807, 2.05) is 13.0 Å². The first-order valence-electron chi connectivity index (χ1n) is 9.19. The van der Waals surface area contributed by atoms with E-state index in [-0.39, 0.29) is 5.97 Å². The van der Waals surface area contributed by atoms with Gasteiger partial charge in [0.25, 0.3) is 0 Å². The molecule has 1 aliphatic heterocycles. The Hall–Kier alpha value is -2.14. The molecule has 2 aromatic rings. The Morgan fingerprint density at radius 3 is 2.76 bits per heavy atom. The van der Waals surface area contributed by atoms with Crippen molar-refractivity contribution in [3.63, 3.8) is 0 Å². The molecule has 0 saturated heterocycles. The Balaban J connectivity index is 1.82. The number of aryl methyl sites for hydroxylation is 1. The quantitative estimate of drug-likeness (QED) is 0.843. The molecule has 2 aliphatic rings. The van der Waals surface area contributed by atoms with Crippen LogP contribution in [0, 0.1) is 6.92 Å². The zero-order chi connectivity index (χ0) is 17.4. The molecule has 2 N–H and O–H groups in total. The molecule has 0 spiro atoms. The lowest BCUT2D eigenvalue weighted by atomic mass is 9.77. The van der Waals surface area contributed by atoms with Crippen LogP contribution in [0.1, 0.15) is 58.1 Å². The summed E-state index contributed by atoms with van der Waals surface area (Å²) in [5.41, 5.74) is 6.37. The zero-order valence-electron chi connectivity index (χ0n) is 14.9. The first-order chi connectivity index (χ1) is 12.2. The summed E-state index contributed by atoms with van der Waals surface area (Å²) >= 11 is 0. The van der Waals surface area contributed by atoms with Crippen molar-refractivity contribution in [1.82, 2.24) is 15.3 Å². The van der Waals surface area contributed by atoms with Gasteiger partial charge in [0.05, 0.1) is 18.4 Å². The molecule has 5 heteroatoms. The average molecular weight is 339 g/mol. The summed E-state index contributed by atoms with van der Waals surface area (Å²) in [7, 11) is 1.43. The van der Waals surface area contributed by atoms with Gasteiger partial charge in [-0.3, -0.25) is 0 Å². The molecule has 0 unspecified atom stereocenters. The highest BCUT2D eigenvalue weighted by atomic mass is 16.5. The van der Waals surface area contributed by atoms with Crippen molar-refractivity contribution < 1.29 is 9.53 Å². The van der Waals surface area contributed by atoms with Crippen LogP contribution in [-0.2, 0) is 17.6 Å². The minimum Gasteiger partial charge on any atom is -0.465 e. The highest BCUT2D eigenvalue weighted by molar-refractivity contribution is 5.93. The second-order valence-corrected chi connectivity index (χ2v) is 7.13. The smallest absolute Gasteiger partial charge is 0.338 e. The van der Waals surface area contributed by atoms with E-state index in [1.165, 1.54) is 37.6 Å². The van der Waals surface area contributed by atoms with E-state index in [4.69, 9.17) is 9.72 Å². The molecule has 4 rings (SSSR count). The van der Waals surface area contributed by atoms with E-state index in [9.17, 15) is 4.79 Å². The molecule has 1 aromatic carbocycles. The Bertz CT molecular complexity index is 782. The first kappa shape index (κ1) is 16.3. The monoisotopic (exact) mass is 339 g/mol. The number of H-pyrrole nitrogens is 1. The predicted octanol–water partition coefficient (Wildman–Crippen LogP) is 3.13. The van der Waals surface area contributed by atoms with Crippen molar-refractivity contribution in [2.24, 2.45) is 0 Å². The minimum absolute atomic E-state index is 0.281. The summed E-state index contributed by atoms with van der Waals surface area (Å²) in [5, 5.41) is 3.41. The van der Waals surface area contributed by atoms with Gasteiger partial charge >= 0.3 is 5.97 Å². The summed E-state index contributed by atoms with van der Waals surface area (Å²) < 4.78 is 4.97. The van der Waals surface area contributed by atoms with Crippen LogP contribution in [0.25, 0.3) is 11.4 Å². The molecular formula is C20H25N3O2. The number of esters is 1. The normalized spacial score (nSPS) is 17.5. The Morgan fingerprint density at radius 2 is 2.04 bits per heavy atom. The summed E-state index contributed by atoms with van der Waals surface area (Å²) in [6.07, 6.45) is 5.63. The highest BCUT2D eigenvalue weighted by Gasteiger charge is 2.26. The van der Waals surface area contributed by atoms with Gasteiger partial charge in [-0.05, 0) is 42.9 Å². The van der Waals surface area contributed by atoms with E-state index in [0.717, 1.165) is 48.6 Å². The lowest BCUT2D eigenvalue weighted by Gasteiger charge is -2.28. The zero-order valence-corrected chi connectivity index (χ0v) is 14.9. The number of nitrogens with zero attached hydrogens (tertiary/aromatic N) is 1. The number of fused-ring (bicyclic) bond motifs is 1. The van der Waals surface area contributed by atoms with Crippen molar-refractivity contribution in [3.8, 4) is 11.4 Å². The number of aromatic amines is 1. The molecule has 5 nitrogen and oxygen atoms in total. The van der Waals surface area contributed by atoms with Gasteiger partial charge in [0.15, 0.2) is 0 Å². The number of benzene rings is 1. The molecule has 0 amide bonds. The number of carbonyl (C=O) groups is 1. The number of imidazole rings is 1. The van der Waals surface area contributed by atoms with Gasteiger partial charge in [-0.15, -0.1) is 0 Å². The van der Waals surface area contributed by atoms with E-state index < -0.39 is 0 Å². The Morgan fingerprint density at radius 1 is 1.24 bits per heavy atom. The number of hydrogen-bond donors (Lipinski definition) is 2. The standard InChI is InChI=1S/C20H25N3O2/c1-12-10-15(13-4-3-5-13)16(11-14(12)20(24)25-2)19-22-17-6-8-21-9-7-18(17)23-19/h10-11,13,21H,3-9H2,1-2H3,(H,22,23). The van der Waals surface area contributed by atoms with Gasteiger partial charge < -0.3 is 15.0 Å². The van der Waals surface area contributed by atoms with E-state index in [2.05, 4.69) is 16.4 Å². The van der Waals surface area contributed by atoms with Gasteiger partial charge in [0, 0.05) is 37.2 Å². The maximum absolute atomic E-state index is 12.2. The Kier molecular flexibility index (Phi) is 4.34. The summed E-state index contributed by atoms with van der Waals surface area (Å²) in [6.45, 7) is 3.93. The van der Waals surface area contributed by atoms with Gasteiger partial charge in [-0.2, -0.15) is 0 Å². The van der Waals surface area contributed by atoms with Crippen LogP contribution in [0.4, 0.5) is 0 Å². The molecule has 0 radical (unpaired) electrons. The maximum atomic E-state index is 12.2. The third-order valence-corrected chi connectivity index (χ3v) is 5.56. The van der Waals surface area contributed by atoms with Crippen LogP contribution in [0.5, 0.6) is 0 Å². The first-order valence-corrected chi connectivity index (χ1v) is 9.19. The van der Waals surface area contributed by atoms with Crippen LogP contribution >= 0.6 is 0 Å². The number of ether oxygens (including phenoxy) is 1. The van der Waals surface area contributed by atoms with Gasteiger partial charge in [-0.25, -0.2) is 9.78 Å². The second kappa shape index (κ2) is 6.64. The van der Waals surface area contributed by atoms with Gasteiger partial charge in [-0.1, -0.05) is 12.5 Å². The second-order valence-electron chi connectivity index (χ2n) is 7.13. The minimum atomic E-state index is -0.281. The molecule has 0 bridgehead atoms. The number of carbonyl (C=O) groups excluding carboxylic acids is 1. The molecular weight excluding hydrogens is 314 g/mol. The predicted molar refractivity (Wildman–Crippen MR) is 97.0 cm³/mol. The fourth-order valence-corrected chi connectivity index (χ4v) is 3.85. The van der Waals surface area contributed by atoms with Crippen molar-refractivity contribution in [1.29, 1.82) is 0 Å². The number of nitrogens with one attached hydrogen (secondary N) is 2. The summed E-state index contributed by atoms with van der Waals surface area (Å²) in [6, 6.07) is 4.14. The fourth-order valence-electron chi connectivity index (χ4n) is 3.85. The van der Waals surface area contributed by atoms with Crippen molar-refractivity contribution in [3.05, 3.63) is 40.2 Å². The van der Waals surface area contributed by atoms with E-state index in [0.29, 0.717) is 11.5 Å². The SMILES string of the molecule is COC(=O)c1cc(-c2nc3c([nH]2)CCNCC3)c(C2CCC2)cc1C. The van der Waals surface area contributed by atoms with E-state index in [1.54, 1.807) is 0 Å². The van der Waals surface area contributed by atoms with Crippen molar-refractivity contribution in [2.75, 3.05) is 20.2 Å². The largest absolute Gasteiger partial charge is 0.465 e. The molecule has 1 aromatic heterocycles. The number of rotatable bonds is 3.